The van der Waals surface area contributed by atoms with Gasteiger partial charge in [-0.15, -0.1) is 0 Å². The standard InChI is InChI=1S/C7H3Br2NO/c8-6-1-4(11)2-7(9)5(6)3-10/h1-2,11H. The van der Waals surface area contributed by atoms with Crippen molar-refractivity contribution in [1.82, 2.24) is 0 Å². The number of aromatic hydroxyl groups is 1. The molecule has 0 radical (unpaired) electrons. The number of phenols is 1. The van der Waals surface area contributed by atoms with E-state index >= 15 is 0 Å². The summed E-state index contributed by atoms with van der Waals surface area (Å²) in [6, 6.07) is 4.94. The third kappa shape index (κ3) is 1.73. The van der Waals surface area contributed by atoms with E-state index in [4.69, 9.17) is 10.4 Å². The topological polar surface area (TPSA) is 44.0 Å². The fourth-order valence-corrected chi connectivity index (χ4v) is 2.01. The molecule has 1 aromatic carbocycles. The summed E-state index contributed by atoms with van der Waals surface area (Å²) in [7, 11) is 0. The first-order valence-corrected chi connectivity index (χ1v) is 4.32. The SMILES string of the molecule is N#Cc1c(Br)cc(O)cc1Br. The Morgan fingerprint density at radius 2 is 1.73 bits per heavy atom. The maximum Gasteiger partial charge on any atom is 0.117 e. The van der Waals surface area contributed by atoms with Crippen molar-refractivity contribution < 1.29 is 5.11 Å². The van der Waals surface area contributed by atoms with Crippen LogP contribution >= 0.6 is 31.9 Å². The molecule has 1 rings (SSSR count). The lowest BCUT2D eigenvalue weighted by Crippen LogP contribution is -1.79. The van der Waals surface area contributed by atoms with Gasteiger partial charge < -0.3 is 5.11 Å². The lowest BCUT2D eigenvalue weighted by molar-refractivity contribution is 0.474. The van der Waals surface area contributed by atoms with Gasteiger partial charge in [-0.1, -0.05) is 0 Å². The van der Waals surface area contributed by atoms with Crippen LogP contribution in [0.5, 0.6) is 5.75 Å². The third-order valence-corrected chi connectivity index (χ3v) is 2.39. The van der Waals surface area contributed by atoms with Crippen LogP contribution in [0.3, 0.4) is 0 Å². The molecule has 0 aliphatic carbocycles. The Hall–Kier alpha value is -0.530. The highest BCUT2D eigenvalue weighted by Crippen LogP contribution is 2.29. The highest BCUT2D eigenvalue weighted by Gasteiger charge is 2.05. The molecular formula is C7H3Br2NO. The number of hydrogen-bond donors (Lipinski definition) is 1. The van der Waals surface area contributed by atoms with E-state index in [0.717, 1.165) is 0 Å². The smallest absolute Gasteiger partial charge is 0.117 e. The summed E-state index contributed by atoms with van der Waals surface area (Å²) in [6.07, 6.45) is 0. The first-order valence-electron chi connectivity index (χ1n) is 2.73. The normalized spacial score (nSPS) is 9.18. The number of nitriles is 1. The van der Waals surface area contributed by atoms with Crippen molar-refractivity contribution in [1.29, 1.82) is 5.26 Å². The minimum atomic E-state index is 0.128. The van der Waals surface area contributed by atoms with Gasteiger partial charge in [0.25, 0.3) is 0 Å². The van der Waals surface area contributed by atoms with Crippen LogP contribution in [0.2, 0.25) is 0 Å². The maximum atomic E-state index is 9.04. The quantitative estimate of drug-likeness (QED) is 0.792. The molecule has 1 aromatic rings. The fraction of sp³-hybridized carbons (Fsp3) is 0. The van der Waals surface area contributed by atoms with Crippen molar-refractivity contribution in [2.45, 2.75) is 0 Å². The average molecular weight is 277 g/mol. The van der Waals surface area contributed by atoms with Gasteiger partial charge in [0.05, 0.1) is 5.56 Å². The molecule has 1 N–H and O–H groups in total. The zero-order valence-electron chi connectivity index (χ0n) is 5.31. The Bertz CT molecular complexity index is 307. The molecule has 0 atom stereocenters. The number of rotatable bonds is 0. The first-order chi connectivity index (χ1) is 5.15. The van der Waals surface area contributed by atoms with Gasteiger partial charge >= 0.3 is 0 Å². The van der Waals surface area contributed by atoms with Gasteiger partial charge in [0.15, 0.2) is 0 Å². The molecule has 0 bridgehead atoms. The van der Waals surface area contributed by atoms with E-state index in [1.165, 1.54) is 12.1 Å². The molecular weight excluding hydrogens is 274 g/mol. The lowest BCUT2D eigenvalue weighted by atomic mass is 10.2. The van der Waals surface area contributed by atoms with Crippen LogP contribution in [0.25, 0.3) is 0 Å². The van der Waals surface area contributed by atoms with Crippen molar-refractivity contribution in [3.8, 4) is 11.8 Å². The van der Waals surface area contributed by atoms with Gasteiger partial charge in [0.1, 0.15) is 11.8 Å². The van der Waals surface area contributed by atoms with E-state index in [1.54, 1.807) is 0 Å². The van der Waals surface area contributed by atoms with Crippen molar-refractivity contribution in [3.05, 3.63) is 26.6 Å². The third-order valence-electron chi connectivity index (χ3n) is 1.14. The average Bonchev–Trinajstić information content (AvgIpc) is 1.85. The molecule has 2 nitrogen and oxygen atoms in total. The fourth-order valence-electron chi connectivity index (χ4n) is 0.667. The molecule has 0 heterocycles. The molecule has 56 valence electrons. The summed E-state index contributed by atoms with van der Waals surface area (Å²) in [5.74, 6) is 0.128. The zero-order chi connectivity index (χ0) is 8.43. The van der Waals surface area contributed by atoms with Gasteiger partial charge in [-0.2, -0.15) is 5.26 Å². The molecule has 0 saturated heterocycles. The van der Waals surface area contributed by atoms with Crippen LogP contribution in [-0.4, -0.2) is 5.11 Å². The summed E-state index contributed by atoms with van der Waals surface area (Å²) in [6.45, 7) is 0. The number of phenolic OH excluding ortho intramolecular Hbond substituents is 1. The van der Waals surface area contributed by atoms with Gasteiger partial charge in [-0.3, -0.25) is 0 Å². The van der Waals surface area contributed by atoms with Gasteiger partial charge in [-0.05, 0) is 44.0 Å². The summed E-state index contributed by atoms with van der Waals surface area (Å²) < 4.78 is 1.18. The second-order valence-corrected chi connectivity index (χ2v) is 3.60. The summed E-state index contributed by atoms with van der Waals surface area (Å²) in [5, 5.41) is 17.6. The molecule has 0 aromatic heterocycles. The van der Waals surface area contributed by atoms with Gasteiger partial charge in [0.2, 0.25) is 0 Å². The van der Waals surface area contributed by atoms with Crippen molar-refractivity contribution >= 4 is 31.9 Å². The van der Waals surface area contributed by atoms with E-state index in [2.05, 4.69) is 31.9 Å². The van der Waals surface area contributed by atoms with E-state index in [-0.39, 0.29) is 5.75 Å². The number of nitrogens with zero attached hydrogens (tertiary/aromatic N) is 1. The number of hydrogen-bond acceptors (Lipinski definition) is 2. The van der Waals surface area contributed by atoms with Crippen LogP contribution in [-0.2, 0) is 0 Å². The Kier molecular flexibility index (Phi) is 2.53. The van der Waals surface area contributed by atoms with Gasteiger partial charge in [0, 0.05) is 8.95 Å². The van der Waals surface area contributed by atoms with Crippen LogP contribution < -0.4 is 0 Å². The first kappa shape index (κ1) is 8.57. The van der Waals surface area contributed by atoms with Crippen LogP contribution in [0, 0.1) is 11.3 Å². The lowest BCUT2D eigenvalue weighted by Gasteiger charge is -1.98. The monoisotopic (exact) mass is 275 g/mol. The molecule has 11 heavy (non-hydrogen) atoms. The van der Waals surface area contributed by atoms with E-state index in [0.29, 0.717) is 14.5 Å². The summed E-state index contributed by atoms with van der Waals surface area (Å²) in [4.78, 5) is 0. The Balaban J connectivity index is 3.40. The zero-order valence-corrected chi connectivity index (χ0v) is 8.48. The second-order valence-electron chi connectivity index (χ2n) is 1.90. The minimum absolute atomic E-state index is 0.128. The van der Waals surface area contributed by atoms with Crippen LogP contribution in [0.4, 0.5) is 0 Å². The predicted octanol–water partition coefficient (Wildman–Crippen LogP) is 2.79. The van der Waals surface area contributed by atoms with Gasteiger partial charge in [-0.25, -0.2) is 0 Å². The van der Waals surface area contributed by atoms with Crippen molar-refractivity contribution in [2.75, 3.05) is 0 Å². The van der Waals surface area contributed by atoms with E-state index in [9.17, 15) is 0 Å². The second kappa shape index (κ2) is 3.24. The molecule has 0 saturated carbocycles. The minimum Gasteiger partial charge on any atom is -0.508 e. The number of halogens is 2. The highest BCUT2D eigenvalue weighted by molar-refractivity contribution is 9.11. The Morgan fingerprint density at radius 3 is 2.09 bits per heavy atom. The highest BCUT2D eigenvalue weighted by atomic mass is 79.9. The van der Waals surface area contributed by atoms with E-state index < -0.39 is 0 Å². The number of benzene rings is 1. The molecule has 0 spiro atoms. The molecule has 0 aliphatic heterocycles. The molecule has 0 aliphatic rings. The Labute approximate surface area is 80.7 Å². The van der Waals surface area contributed by atoms with Crippen molar-refractivity contribution in [3.63, 3.8) is 0 Å². The largest absolute Gasteiger partial charge is 0.508 e. The molecule has 4 heteroatoms. The maximum absolute atomic E-state index is 9.04. The van der Waals surface area contributed by atoms with E-state index in [1.807, 2.05) is 6.07 Å². The predicted molar refractivity (Wildman–Crippen MR) is 48.2 cm³/mol. The molecule has 0 amide bonds. The Morgan fingerprint density at radius 1 is 1.27 bits per heavy atom. The molecule has 0 unspecified atom stereocenters. The summed E-state index contributed by atoms with van der Waals surface area (Å²) >= 11 is 6.29. The molecule has 0 fully saturated rings. The summed E-state index contributed by atoms with van der Waals surface area (Å²) in [5.41, 5.74) is 0.489. The van der Waals surface area contributed by atoms with Crippen LogP contribution in [0.15, 0.2) is 21.1 Å². The van der Waals surface area contributed by atoms with Crippen molar-refractivity contribution in [2.24, 2.45) is 0 Å². The van der Waals surface area contributed by atoms with Crippen LogP contribution in [0.1, 0.15) is 5.56 Å².